The van der Waals surface area contributed by atoms with Crippen LogP contribution in [0.15, 0.2) is 0 Å². The fourth-order valence-corrected chi connectivity index (χ4v) is 4.05. The zero-order chi connectivity index (χ0) is 18.3. The molecular weight excluding hydrogens is 387 g/mol. The summed E-state index contributed by atoms with van der Waals surface area (Å²) in [7, 11) is 0. The molecule has 142 valence electrons. The van der Waals surface area contributed by atoms with Crippen LogP contribution in [0.25, 0.3) is 0 Å². The highest BCUT2D eigenvalue weighted by Crippen LogP contribution is 2.25. The second kappa shape index (κ2) is 15.3. The van der Waals surface area contributed by atoms with Crippen LogP contribution in [-0.4, -0.2) is 30.9 Å². The Hall–Kier alpha value is 0.0269. The van der Waals surface area contributed by atoms with E-state index < -0.39 is 6.00 Å². The second-order valence-corrected chi connectivity index (χ2v) is 15.3. The van der Waals surface area contributed by atoms with Crippen LogP contribution < -0.4 is 10.6 Å². The first-order chi connectivity index (χ1) is 11.3. The van der Waals surface area contributed by atoms with E-state index in [1.165, 1.54) is 38.5 Å². The number of hydrogen-bond acceptors (Lipinski definition) is 2. The summed E-state index contributed by atoms with van der Waals surface area (Å²) in [4.78, 5) is 23.2. The van der Waals surface area contributed by atoms with Gasteiger partial charge in [-0.1, -0.05) is 51.9 Å². The quantitative estimate of drug-likeness (QED) is 0.228. The number of unbranched alkanes of at least 4 members (excludes halogenated alkanes) is 7. The van der Waals surface area contributed by atoms with E-state index in [2.05, 4.69) is 17.6 Å². The summed E-state index contributed by atoms with van der Waals surface area (Å²) >= 11 is 17.3. The first kappa shape index (κ1) is 24.0. The lowest BCUT2D eigenvalue weighted by molar-refractivity contribution is -0.126. The van der Waals surface area contributed by atoms with Crippen molar-refractivity contribution in [2.75, 3.05) is 13.1 Å². The Labute approximate surface area is 161 Å². The third kappa shape index (κ3) is 18.4. The number of hydrogen-bond donors (Lipinski definition) is 2. The van der Waals surface area contributed by atoms with Gasteiger partial charge in [-0.15, -0.1) is 33.2 Å². The van der Waals surface area contributed by atoms with Crippen LogP contribution in [0.5, 0.6) is 0 Å². The molecule has 0 saturated heterocycles. The zero-order valence-corrected chi connectivity index (χ0v) is 17.9. The van der Waals surface area contributed by atoms with Crippen molar-refractivity contribution < 1.29 is 9.59 Å². The Kier molecular flexibility index (Phi) is 15.3. The normalized spacial score (nSPS) is 11.3. The average Bonchev–Trinajstić information content (AvgIpc) is 2.51. The lowest BCUT2D eigenvalue weighted by Crippen LogP contribution is -2.37. The minimum Gasteiger partial charge on any atom is -0.355 e. The highest BCUT2D eigenvalue weighted by atomic mass is 35.8. The number of nitrogens with one attached hydrogen (secondary N) is 2. The fourth-order valence-electron chi connectivity index (χ4n) is 2.27. The third-order valence-corrected chi connectivity index (χ3v) is 6.28. The topological polar surface area (TPSA) is 58.2 Å². The Morgan fingerprint density at radius 1 is 0.792 bits per heavy atom. The van der Waals surface area contributed by atoms with E-state index in [1.807, 2.05) is 0 Å². The minimum absolute atomic E-state index is 0.0149. The molecule has 0 aromatic carbocycles. The molecule has 0 atom stereocenters. The molecule has 0 aliphatic rings. The van der Waals surface area contributed by atoms with Crippen LogP contribution in [0, 0.1) is 0 Å². The Balaban J connectivity index is 3.43. The summed E-state index contributed by atoms with van der Waals surface area (Å²) in [6, 6.07) is -2.09. The van der Waals surface area contributed by atoms with E-state index in [-0.39, 0.29) is 18.4 Å². The molecule has 0 unspecified atom stereocenters. The molecule has 2 N–H and O–H groups in total. The molecule has 0 aromatic rings. The van der Waals surface area contributed by atoms with Crippen LogP contribution in [0.4, 0.5) is 0 Å². The standard InChI is InChI=1S/C16H31Cl3N2O2Si/c1-2-3-4-5-6-7-8-9-11-15(22)21-14-16(23)20-12-10-13-24(17,18)19/h2-14H2,1H3,(H,20,23)(H,21,22). The number of carbonyl (C=O) groups excluding carboxylic acids is 2. The molecule has 0 fully saturated rings. The van der Waals surface area contributed by atoms with Gasteiger partial charge in [0.2, 0.25) is 11.8 Å². The maximum absolute atomic E-state index is 11.6. The van der Waals surface area contributed by atoms with Crippen molar-refractivity contribution in [3.63, 3.8) is 0 Å². The van der Waals surface area contributed by atoms with Gasteiger partial charge < -0.3 is 10.6 Å². The largest absolute Gasteiger partial charge is 0.355 e. The van der Waals surface area contributed by atoms with Gasteiger partial charge in [0, 0.05) is 13.0 Å². The van der Waals surface area contributed by atoms with Gasteiger partial charge in [0.1, 0.15) is 0 Å². The summed E-state index contributed by atoms with van der Waals surface area (Å²) in [6.07, 6.45) is 10.7. The summed E-state index contributed by atoms with van der Waals surface area (Å²) in [6.45, 7) is 2.69. The minimum atomic E-state index is -2.60. The molecule has 0 heterocycles. The van der Waals surface area contributed by atoms with Gasteiger partial charge in [0.05, 0.1) is 6.54 Å². The predicted molar refractivity (Wildman–Crippen MR) is 106 cm³/mol. The predicted octanol–water partition coefficient (Wildman–Crippen LogP) is 4.80. The van der Waals surface area contributed by atoms with Crippen LogP contribution in [0.2, 0.25) is 6.04 Å². The Bertz CT molecular complexity index is 353. The van der Waals surface area contributed by atoms with E-state index in [4.69, 9.17) is 33.2 Å². The summed E-state index contributed by atoms with van der Waals surface area (Å²) in [5.74, 6) is -0.268. The van der Waals surface area contributed by atoms with E-state index in [0.29, 0.717) is 25.4 Å². The molecule has 4 nitrogen and oxygen atoms in total. The molecule has 0 aliphatic carbocycles. The average molecular weight is 418 g/mol. The highest BCUT2D eigenvalue weighted by molar-refractivity contribution is 7.64. The van der Waals surface area contributed by atoms with Gasteiger partial charge in [0.15, 0.2) is 0 Å². The summed E-state index contributed by atoms with van der Waals surface area (Å²) in [5, 5.41) is 5.34. The van der Waals surface area contributed by atoms with Crippen LogP contribution in [0.1, 0.15) is 71.1 Å². The van der Waals surface area contributed by atoms with E-state index in [1.54, 1.807) is 0 Å². The van der Waals surface area contributed by atoms with Crippen LogP contribution >= 0.6 is 33.2 Å². The van der Waals surface area contributed by atoms with Gasteiger partial charge in [0.25, 0.3) is 0 Å². The summed E-state index contributed by atoms with van der Waals surface area (Å²) in [5.41, 5.74) is 0. The van der Waals surface area contributed by atoms with E-state index >= 15 is 0 Å². The van der Waals surface area contributed by atoms with Gasteiger partial charge in [-0.2, -0.15) is 0 Å². The lowest BCUT2D eigenvalue weighted by atomic mass is 10.1. The molecule has 0 rings (SSSR count). The first-order valence-electron chi connectivity index (χ1n) is 8.95. The van der Waals surface area contributed by atoms with Crippen molar-refractivity contribution in [3.05, 3.63) is 0 Å². The molecule has 0 bridgehead atoms. The molecule has 2 amide bonds. The van der Waals surface area contributed by atoms with Gasteiger partial charge in [-0.05, 0) is 18.9 Å². The Morgan fingerprint density at radius 2 is 1.38 bits per heavy atom. The molecule has 24 heavy (non-hydrogen) atoms. The molecule has 0 radical (unpaired) electrons. The molecule has 8 heteroatoms. The molecule has 0 aliphatic heterocycles. The van der Waals surface area contributed by atoms with Crippen molar-refractivity contribution in [1.82, 2.24) is 10.6 Å². The van der Waals surface area contributed by atoms with Crippen molar-refractivity contribution in [2.45, 2.75) is 77.2 Å². The first-order valence-corrected chi connectivity index (χ1v) is 14.2. The molecular formula is C16H31Cl3N2O2Si. The zero-order valence-electron chi connectivity index (χ0n) is 14.6. The second-order valence-electron chi connectivity index (χ2n) is 6.07. The monoisotopic (exact) mass is 416 g/mol. The number of halogens is 3. The SMILES string of the molecule is CCCCCCCCCCC(=O)NCC(=O)NCCC[Si](Cl)(Cl)Cl. The lowest BCUT2D eigenvalue weighted by Gasteiger charge is -2.09. The number of carbonyl (C=O) groups is 2. The smallest absolute Gasteiger partial charge is 0.341 e. The van der Waals surface area contributed by atoms with Gasteiger partial charge in [-0.25, -0.2) is 0 Å². The van der Waals surface area contributed by atoms with Gasteiger partial charge in [-0.3, -0.25) is 9.59 Å². The van der Waals surface area contributed by atoms with Crippen molar-refractivity contribution in [1.29, 1.82) is 0 Å². The van der Waals surface area contributed by atoms with Crippen molar-refractivity contribution >= 4 is 51.1 Å². The molecule has 0 saturated carbocycles. The van der Waals surface area contributed by atoms with E-state index in [0.717, 1.165) is 12.8 Å². The van der Waals surface area contributed by atoms with Crippen molar-refractivity contribution in [2.24, 2.45) is 0 Å². The number of amides is 2. The highest BCUT2D eigenvalue weighted by Gasteiger charge is 2.23. The number of rotatable bonds is 15. The van der Waals surface area contributed by atoms with E-state index in [9.17, 15) is 9.59 Å². The van der Waals surface area contributed by atoms with Crippen molar-refractivity contribution in [3.8, 4) is 0 Å². The third-order valence-electron chi connectivity index (χ3n) is 3.66. The Morgan fingerprint density at radius 3 is 1.96 bits per heavy atom. The maximum atomic E-state index is 11.6. The van der Waals surface area contributed by atoms with Crippen LogP contribution in [0.3, 0.4) is 0 Å². The molecule has 0 spiro atoms. The van der Waals surface area contributed by atoms with Gasteiger partial charge >= 0.3 is 6.00 Å². The fraction of sp³-hybridized carbons (Fsp3) is 0.875. The summed E-state index contributed by atoms with van der Waals surface area (Å²) < 4.78 is 0. The molecule has 0 aromatic heterocycles. The van der Waals surface area contributed by atoms with Crippen LogP contribution in [-0.2, 0) is 9.59 Å². The maximum Gasteiger partial charge on any atom is 0.341 e.